The monoisotopic (exact) mass is 481 g/mol. The second kappa shape index (κ2) is 7.11. The number of hydrogen-bond acceptors (Lipinski definition) is 7. The summed E-state index contributed by atoms with van der Waals surface area (Å²) in [6.07, 6.45) is 4.27. The summed E-state index contributed by atoms with van der Waals surface area (Å²) in [4.78, 5) is 4.59. The van der Waals surface area contributed by atoms with E-state index < -0.39 is 46.1 Å². The van der Waals surface area contributed by atoms with Crippen molar-refractivity contribution in [2.24, 2.45) is 34.5 Å². The molecule has 6 rings (SSSR count). The Balaban J connectivity index is 1.47. The SMILES string of the molecule is C[C@H]1C[C@H]2[C@@H]3C[C@H](F)C4=C/C(=C/ON)C=C[C@]4(C)[C@@]3(F)[C@@H](O)C[C@]2(C)[C@]12OCOC21COCO1. The maximum Gasteiger partial charge on any atom is 0.227 e. The van der Waals surface area contributed by atoms with E-state index in [1.165, 1.54) is 6.26 Å². The Bertz CT molecular complexity index is 975. The fourth-order valence-electron chi connectivity index (χ4n) is 8.92. The predicted molar refractivity (Wildman–Crippen MR) is 116 cm³/mol. The van der Waals surface area contributed by atoms with Crippen LogP contribution in [0.25, 0.3) is 0 Å². The second-order valence-corrected chi connectivity index (χ2v) is 11.4. The number of halogens is 2. The Kier molecular flexibility index (Phi) is 4.82. The number of aliphatic hydroxyl groups is 1. The molecule has 0 amide bonds. The molecule has 0 radical (unpaired) electrons. The third kappa shape index (κ3) is 2.37. The first kappa shape index (κ1) is 23.1. The van der Waals surface area contributed by atoms with Gasteiger partial charge in [-0.3, -0.25) is 0 Å². The first-order valence-corrected chi connectivity index (χ1v) is 12.1. The zero-order valence-electron chi connectivity index (χ0n) is 19.8. The van der Waals surface area contributed by atoms with Gasteiger partial charge >= 0.3 is 0 Å². The van der Waals surface area contributed by atoms with Crippen LogP contribution in [0.4, 0.5) is 8.78 Å². The molecule has 4 aliphatic carbocycles. The van der Waals surface area contributed by atoms with Crippen molar-refractivity contribution in [1.82, 2.24) is 0 Å². The summed E-state index contributed by atoms with van der Waals surface area (Å²) >= 11 is 0. The molecule has 0 aromatic carbocycles. The Morgan fingerprint density at radius 2 is 1.94 bits per heavy atom. The van der Waals surface area contributed by atoms with Crippen molar-refractivity contribution in [3.63, 3.8) is 0 Å². The Morgan fingerprint density at radius 1 is 1.18 bits per heavy atom. The number of allylic oxidation sites excluding steroid dienone is 5. The Morgan fingerprint density at radius 3 is 2.65 bits per heavy atom. The lowest BCUT2D eigenvalue weighted by Crippen LogP contribution is -2.72. The van der Waals surface area contributed by atoms with E-state index in [2.05, 4.69) is 11.8 Å². The summed E-state index contributed by atoms with van der Waals surface area (Å²) in [7, 11) is 0. The third-order valence-corrected chi connectivity index (χ3v) is 10.2. The minimum Gasteiger partial charge on any atom is -0.419 e. The second-order valence-electron chi connectivity index (χ2n) is 11.4. The standard InChI is InChI=1S/C25H33F2NO6/c1-14-6-16-17-8-19(26)18-7-15(10-34-28)4-5-21(18,2)24(17,27)20(29)9-22(16,3)25(14)23(32-13-33-25)11-30-12-31-23/h4-5,7,10,14,16-17,19-20,29H,6,8-9,11-13,28H2,1-3H3/b15-10+/t14-,16-,17-,19-,20-,21-,22-,23?,24-,25+/m0/s1. The lowest BCUT2D eigenvalue weighted by atomic mass is 9.44. The zero-order chi connectivity index (χ0) is 24.1. The maximum absolute atomic E-state index is 17.5. The molecule has 2 heterocycles. The fourth-order valence-corrected chi connectivity index (χ4v) is 8.92. The summed E-state index contributed by atoms with van der Waals surface area (Å²) in [6.45, 7) is 6.11. The highest BCUT2D eigenvalue weighted by Crippen LogP contribution is 2.74. The molecule has 7 nitrogen and oxygen atoms in total. The van der Waals surface area contributed by atoms with Gasteiger partial charge in [0.2, 0.25) is 5.79 Å². The molecule has 6 aliphatic rings. The average Bonchev–Trinajstić information content (AvgIpc) is 3.48. The van der Waals surface area contributed by atoms with E-state index in [1.807, 2.05) is 6.92 Å². The quantitative estimate of drug-likeness (QED) is 0.439. The molecule has 0 aromatic heterocycles. The van der Waals surface area contributed by atoms with E-state index in [1.54, 1.807) is 25.2 Å². The van der Waals surface area contributed by atoms with Gasteiger partial charge in [-0.2, -0.15) is 5.90 Å². The van der Waals surface area contributed by atoms with Gasteiger partial charge in [0.15, 0.2) is 19.3 Å². The largest absolute Gasteiger partial charge is 0.419 e. The highest BCUT2D eigenvalue weighted by atomic mass is 19.1. The lowest BCUT2D eigenvalue weighted by molar-refractivity contribution is -0.278. The maximum atomic E-state index is 17.5. The van der Waals surface area contributed by atoms with E-state index in [0.717, 1.165) is 0 Å². The molecule has 0 aromatic rings. The van der Waals surface area contributed by atoms with Gasteiger partial charge < -0.3 is 28.9 Å². The van der Waals surface area contributed by atoms with Crippen LogP contribution in [0.3, 0.4) is 0 Å². The molecule has 188 valence electrons. The summed E-state index contributed by atoms with van der Waals surface area (Å²) in [5.74, 6) is 3.01. The minimum absolute atomic E-state index is 0.0200. The minimum atomic E-state index is -2.05. The number of hydrogen-bond donors (Lipinski definition) is 2. The molecule has 1 unspecified atom stereocenters. The summed E-state index contributed by atoms with van der Waals surface area (Å²) < 4.78 is 57.3. The van der Waals surface area contributed by atoms with Gasteiger partial charge in [-0.1, -0.05) is 26.0 Å². The van der Waals surface area contributed by atoms with Crippen molar-refractivity contribution in [3.05, 3.63) is 35.6 Å². The summed E-state index contributed by atoms with van der Waals surface area (Å²) in [6, 6.07) is 0. The number of rotatable bonds is 1. The van der Waals surface area contributed by atoms with Crippen molar-refractivity contribution >= 4 is 0 Å². The van der Waals surface area contributed by atoms with Crippen LogP contribution in [0, 0.1) is 28.6 Å². The molecule has 0 bridgehead atoms. The first-order valence-electron chi connectivity index (χ1n) is 12.1. The van der Waals surface area contributed by atoms with Crippen LogP contribution in [0.15, 0.2) is 35.6 Å². The molecular formula is C25H33F2NO6. The lowest BCUT2D eigenvalue weighted by Gasteiger charge is -2.64. The molecule has 10 atom stereocenters. The van der Waals surface area contributed by atoms with Crippen molar-refractivity contribution in [3.8, 4) is 0 Å². The van der Waals surface area contributed by atoms with Crippen LogP contribution < -0.4 is 5.90 Å². The molecule has 3 saturated carbocycles. The van der Waals surface area contributed by atoms with Gasteiger partial charge in [-0.15, -0.1) is 0 Å². The fraction of sp³-hybridized carbons (Fsp3) is 0.760. The Labute approximate surface area is 197 Å². The highest BCUT2D eigenvalue weighted by molar-refractivity contribution is 5.49. The van der Waals surface area contributed by atoms with Crippen LogP contribution >= 0.6 is 0 Å². The van der Waals surface area contributed by atoms with Crippen LogP contribution in [-0.2, 0) is 23.8 Å². The van der Waals surface area contributed by atoms with Gasteiger partial charge in [0.1, 0.15) is 24.6 Å². The molecule has 9 heteroatoms. The number of aliphatic hydroxyl groups excluding tert-OH is 1. The molecule has 2 aliphatic heterocycles. The summed E-state index contributed by atoms with van der Waals surface area (Å²) in [5, 5.41) is 11.6. The summed E-state index contributed by atoms with van der Waals surface area (Å²) in [5.41, 5.74) is -4.13. The van der Waals surface area contributed by atoms with E-state index in [-0.39, 0.29) is 44.9 Å². The topological polar surface area (TPSA) is 92.4 Å². The average molecular weight is 482 g/mol. The molecular weight excluding hydrogens is 448 g/mol. The molecule has 3 N–H and O–H groups in total. The van der Waals surface area contributed by atoms with Gasteiger partial charge in [0, 0.05) is 22.3 Å². The molecule has 5 fully saturated rings. The van der Waals surface area contributed by atoms with E-state index in [9.17, 15) is 5.11 Å². The van der Waals surface area contributed by atoms with Gasteiger partial charge in [0.25, 0.3) is 0 Å². The van der Waals surface area contributed by atoms with Gasteiger partial charge in [-0.25, -0.2) is 8.78 Å². The number of fused-ring (bicyclic) bond motifs is 7. The Hall–Kier alpha value is -1.36. The number of nitrogens with two attached hydrogens (primary N) is 1. The van der Waals surface area contributed by atoms with Gasteiger partial charge in [0.05, 0.1) is 6.10 Å². The highest BCUT2D eigenvalue weighted by Gasteiger charge is 2.82. The molecule has 34 heavy (non-hydrogen) atoms. The van der Waals surface area contributed by atoms with Crippen LogP contribution in [0.5, 0.6) is 0 Å². The van der Waals surface area contributed by atoms with Crippen molar-refractivity contribution in [2.75, 3.05) is 20.2 Å². The van der Waals surface area contributed by atoms with Crippen molar-refractivity contribution in [2.45, 2.75) is 69.4 Å². The predicted octanol–water partition coefficient (Wildman–Crippen LogP) is 3.20. The number of alkyl halides is 2. The molecule has 2 saturated heterocycles. The molecule has 2 spiro atoms. The number of ether oxygens (including phenoxy) is 4. The van der Waals surface area contributed by atoms with Crippen LogP contribution in [-0.4, -0.2) is 54.6 Å². The van der Waals surface area contributed by atoms with Crippen molar-refractivity contribution in [1.29, 1.82) is 0 Å². The van der Waals surface area contributed by atoms with E-state index in [4.69, 9.17) is 24.8 Å². The van der Waals surface area contributed by atoms with Crippen LogP contribution in [0.2, 0.25) is 0 Å². The van der Waals surface area contributed by atoms with E-state index in [0.29, 0.717) is 17.6 Å². The van der Waals surface area contributed by atoms with Gasteiger partial charge in [-0.05, 0) is 49.7 Å². The smallest absolute Gasteiger partial charge is 0.227 e. The zero-order valence-corrected chi connectivity index (χ0v) is 19.8. The van der Waals surface area contributed by atoms with E-state index >= 15 is 8.78 Å². The van der Waals surface area contributed by atoms with Crippen LogP contribution in [0.1, 0.15) is 40.0 Å². The normalized spacial score (nSPS) is 57.1. The first-order chi connectivity index (χ1) is 16.1. The van der Waals surface area contributed by atoms with Crippen molar-refractivity contribution < 1.29 is 37.7 Å². The third-order valence-electron chi connectivity index (χ3n) is 10.2.